The highest BCUT2D eigenvalue weighted by molar-refractivity contribution is 7.94. The van der Waals surface area contributed by atoms with Crippen LogP contribution in [-0.2, 0) is 10.0 Å². The Morgan fingerprint density at radius 2 is 1.73 bits per heavy atom. The van der Waals surface area contributed by atoms with Crippen LogP contribution in [0.4, 0.5) is 5.69 Å². The summed E-state index contributed by atoms with van der Waals surface area (Å²) in [5.74, 6) is -0.134. The van der Waals surface area contributed by atoms with Crippen molar-refractivity contribution in [1.82, 2.24) is 4.90 Å². The van der Waals surface area contributed by atoms with Gasteiger partial charge in [0.2, 0.25) is 0 Å². The minimum absolute atomic E-state index is 0.0312. The number of nitrogens with zero attached hydrogens (tertiary/aromatic N) is 2. The van der Waals surface area contributed by atoms with Gasteiger partial charge >= 0.3 is 0 Å². The normalized spacial score (nSPS) is 15.7. The van der Waals surface area contributed by atoms with Crippen molar-refractivity contribution < 1.29 is 18.1 Å². The molecule has 0 radical (unpaired) electrons. The van der Waals surface area contributed by atoms with E-state index >= 15 is 0 Å². The average molecular weight is 373 g/mol. The molecule has 0 unspecified atom stereocenters. The third-order valence-electron chi connectivity index (χ3n) is 4.54. The van der Waals surface area contributed by atoms with Crippen LogP contribution in [0.15, 0.2) is 53.4 Å². The second-order valence-corrected chi connectivity index (χ2v) is 8.28. The summed E-state index contributed by atoms with van der Waals surface area (Å²) in [6.45, 7) is 5.07. The van der Waals surface area contributed by atoms with E-state index < -0.39 is 10.0 Å². The van der Waals surface area contributed by atoms with Crippen LogP contribution in [0.2, 0.25) is 0 Å². The van der Waals surface area contributed by atoms with Crippen molar-refractivity contribution in [3.63, 3.8) is 0 Å². The van der Waals surface area contributed by atoms with Crippen LogP contribution >= 0.6 is 0 Å². The molecule has 0 spiro atoms. The highest BCUT2D eigenvalue weighted by atomic mass is 32.2. The molecule has 2 aromatic carbocycles. The van der Waals surface area contributed by atoms with E-state index in [0.717, 1.165) is 18.7 Å². The van der Waals surface area contributed by atoms with Gasteiger partial charge in [0, 0.05) is 5.56 Å². The van der Waals surface area contributed by atoms with Gasteiger partial charge in [0.1, 0.15) is 10.0 Å². The fourth-order valence-electron chi connectivity index (χ4n) is 2.86. The van der Waals surface area contributed by atoms with Crippen LogP contribution in [-0.4, -0.2) is 52.5 Å². The first-order valence-corrected chi connectivity index (χ1v) is 10.0. The predicted molar refractivity (Wildman–Crippen MR) is 100 cm³/mol. The van der Waals surface area contributed by atoms with Gasteiger partial charge in [-0.15, -0.1) is 5.69 Å². The topological polar surface area (TPSA) is 73.0 Å². The molecule has 7 heteroatoms. The molecule has 1 fully saturated rings. The van der Waals surface area contributed by atoms with E-state index in [1.54, 1.807) is 29.2 Å². The van der Waals surface area contributed by atoms with E-state index in [4.69, 9.17) is 0 Å². The van der Waals surface area contributed by atoms with Crippen LogP contribution in [0.1, 0.15) is 15.9 Å². The molecule has 6 nitrogen and oxygen atoms in total. The van der Waals surface area contributed by atoms with Gasteiger partial charge in [0.25, 0.3) is 5.91 Å². The van der Waals surface area contributed by atoms with Gasteiger partial charge in [0.15, 0.2) is 0 Å². The highest BCUT2D eigenvalue weighted by Gasteiger charge is 2.23. The molecular formula is C19H23N3O3S. The minimum Gasteiger partial charge on any atom is -0.573 e. The third-order valence-corrected chi connectivity index (χ3v) is 5.84. The number of benzene rings is 2. The Balaban J connectivity index is 1.79. The quantitative estimate of drug-likeness (QED) is 0.880. The molecular weight excluding hydrogens is 350 g/mol. The number of aryl methyl sites for hydroxylation is 1. The van der Waals surface area contributed by atoms with E-state index in [1.165, 1.54) is 17.0 Å². The number of sulfonamides is 1. The Bertz CT molecular complexity index is 887. The SMILES string of the molecule is Cc1ccc([N-]S(=O)(=O)c2cccc(C(=O)N3CC[NH+](C)CC3)c2)cc1. The number of piperazine rings is 1. The number of quaternary nitrogens is 1. The maximum absolute atomic E-state index is 12.7. The number of amides is 1. The van der Waals surface area contributed by atoms with E-state index in [0.29, 0.717) is 24.3 Å². The summed E-state index contributed by atoms with van der Waals surface area (Å²) in [6.07, 6.45) is 0. The first-order chi connectivity index (χ1) is 12.3. The molecule has 1 aliphatic heterocycles. The summed E-state index contributed by atoms with van der Waals surface area (Å²) in [7, 11) is -1.77. The lowest BCUT2D eigenvalue weighted by Crippen LogP contribution is -3.12. The molecule has 2 aromatic rings. The highest BCUT2D eigenvalue weighted by Crippen LogP contribution is 2.28. The standard InChI is InChI=1S/C19H22N3O3S/c1-15-6-8-17(9-7-15)20-26(24,25)18-5-3-4-16(14-18)19(23)22-12-10-21(2)11-13-22/h3-9,14H,10-13H2,1-2H3/q-1/p+1. The molecule has 1 aliphatic rings. The number of rotatable bonds is 4. The van der Waals surface area contributed by atoms with Gasteiger partial charge in [-0.1, -0.05) is 35.9 Å². The second-order valence-electron chi connectivity index (χ2n) is 6.68. The molecule has 0 aliphatic carbocycles. The Labute approximate surface area is 154 Å². The number of hydrogen-bond donors (Lipinski definition) is 1. The van der Waals surface area contributed by atoms with Crippen LogP contribution in [0.25, 0.3) is 4.72 Å². The molecule has 0 bridgehead atoms. The van der Waals surface area contributed by atoms with Crippen molar-refractivity contribution in [3.8, 4) is 0 Å². The summed E-state index contributed by atoms with van der Waals surface area (Å²) in [6, 6.07) is 13.1. The Hall–Kier alpha value is -2.38. The van der Waals surface area contributed by atoms with Crippen LogP contribution in [0, 0.1) is 6.92 Å². The predicted octanol–water partition coefficient (Wildman–Crippen LogP) is 1.36. The van der Waals surface area contributed by atoms with Gasteiger partial charge in [-0.3, -0.25) is 4.79 Å². The summed E-state index contributed by atoms with van der Waals surface area (Å²) in [5.41, 5.74) is 1.78. The largest absolute Gasteiger partial charge is 0.573 e. The fourth-order valence-corrected chi connectivity index (χ4v) is 3.89. The molecule has 0 saturated carbocycles. The van der Waals surface area contributed by atoms with Crippen LogP contribution in [0.3, 0.4) is 0 Å². The zero-order valence-corrected chi connectivity index (χ0v) is 15.8. The number of likely N-dealkylation sites (N-methyl/N-ethyl adjacent to an activating group) is 1. The van der Waals surface area contributed by atoms with E-state index in [9.17, 15) is 13.2 Å². The minimum atomic E-state index is -3.87. The van der Waals surface area contributed by atoms with E-state index in [2.05, 4.69) is 11.8 Å². The van der Waals surface area contributed by atoms with Crippen molar-refractivity contribution in [3.05, 3.63) is 64.4 Å². The molecule has 0 atom stereocenters. The Morgan fingerprint density at radius 1 is 1.08 bits per heavy atom. The van der Waals surface area contributed by atoms with Gasteiger partial charge in [-0.2, -0.15) is 0 Å². The maximum atomic E-state index is 12.7. The summed E-state index contributed by atoms with van der Waals surface area (Å²) >= 11 is 0. The van der Waals surface area contributed by atoms with Gasteiger partial charge in [-0.05, 0) is 25.1 Å². The first-order valence-electron chi connectivity index (χ1n) is 8.60. The molecule has 1 N–H and O–H groups in total. The number of hydrogen-bond acceptors (Lipinski definition) is 3. The third kappa shape index (κ3) is 4.23. The molecule has 1 amide bonds. The Morgan fingerprint density at radius 3 is 2.38 bits per heavy atom. The van der Waals surface area contributed by atoms with E-state index in [1.807, 2.05) is 19.1 Å². The molecule has 3 rings (SSSR count). The summed E-state index contributed by atoms with van der Waals surface area (Å²) in [4.78, 5) is 15.9. The van der Waals surface area contributed by atoms with Crippen molar-refractivity contribution in [2.45, 2.75) is 11.8 Å². The number of carbonyl (C=O) groups excluding carboxylic acids is 1. The van der Waals surface area contributed by atoms with Crippen LogP contribution < -0.4 is 4.90 Å². The van der Waals surface area contributed by atoms with Gasteiger partial charge in [-0.25, -0.2) is 8.42 Å². The van der Waals surface area contributed by atoms with Crippen molar-refractivity contribution in [2.75, 3.05) is 33.2 Å². The van der Waals surface area contributed by atoms with Crippen molar-refractivity contribution in [2.24, 2.45) is 0 Å². The van der Waals surface area contributed by atoms with Gasteiger partial charge in [0.05, 0.1) is 38.1 Å². The van der Waals surface area contributed by atoms with Gasteiger partial charge < -0.3 is 14.5 Å². The lowest BCUT2D eigenvalue weighted by atomic mass is 10.2. The van der Waals surface area contributed by atoms with Crippen LogP contribution in [0.5, 0.6) is 0 Å². The molecule has 0 aromatic heterocycles. The lowest BCUT2D eigenvalue weighted by molar-refractivity contribution is -0.883. The van der Waals surface area contributed by atoms with Crippen molar-refractivity contribution in [1.29, 1.82) is 0 Å². The fraction of sp³-hybridized carbons (Fsp3) is 0.316. The molecule has 1 saturated heterocycles. The van der Waals surface area contributed by atoms with E-state index in [-0.39, 0.29) is 10.8 Å². The molecule has 1 heterocycles. The summed E-state index contributed by atoms with van der Waals surface area (Å²) < 4.78 is 29.0. The van der Waals surface area contributed by atoms with Crippen molar-refractivity contribution >= 4 is 21.6 Å². The number of carbonyl (C=O) groups is 1. The monoisotopic (exact) mass is 373 g/mol. The Kier molecular flexibility index (Phi) is 5.29. The molecule has 138 valence electrons. The lowest BCUT2D eigenvalue weighted by Gasteiger charge is -2.30. The zero-order valence-electron chi connectivity index (χ0n) is 15.0. The first kappa shape index (κ1) is 18.4. The average Bonchev–Trinajstić information content (AvgIpc) is 2.64. The maximum Gasteiger partial charge on any atom is 0.254 e. The number of nitrogens with one attached hydrogen (secondary N) is 1. The molecule has 26 heavy (non-hydrogen) atoms. The second kappa shape index (κ2) is 7.47. The summed E-state index contributed by atoms with van der Waals surface area (Å²) in [5, 5.41) is 0. The smallest absolute Gasteiger partial charge is 0.254 e. The zero-order chi connectivity index (χ0) is 18.7.